The first-order chi connectivity index (χ1) is 34.7. The minimum Gasteiger partial charge on any atom is -0.380 e. The van der Waals surface area contributed by atoms with Gasteiger partial charge in [0.15, 0.2) is 9.84 Å². The molecular formula is C52H59ClF4N6O6S5. The number of hydrogen-bond donors (Lipinski definition) is 3. The van der Waals surface area contributed by atoms with Crippen molar-refractivity contribution in [2.24, 2.45) is 0 Å². The molecule has 0 spiro atoms. The highest BCUT2D eigenvalue weighted by atomic mass is 35.5. The Morgan fingerprint density at radius 2 is 1.42 bits per heavy atom. The number of anilines is 4. The van der Waals surface area contributed by atoms with Crippen LogP contribution in [0.15, 0.2) is 135 Å². The fraction of sp³-hybridized carbons (Fsp3) is 0.346. The third kappa shape index (κ3) is 13.4. The number of halogens is 5. The zero-order valence-corrected chi connectivity index (χ0v) is 46.5. The quantitative estimate of drug-likeness (QED) is 0.0382. The fourth-order valence-corrected chi connectivity index (χ4v) is 13.9. The first-order valence-corrected chi connectivity index (χ1v) is 30.4. The summed E-state index contributed by atoms with van der Waals surface area (Å²) in [5.41, 5.74) is -2.09. The summed E-state index contributed by atoms with van der Waals surface area (Å²) in [7, 11) is -12.6. The SMILES string of the molecule is Cc1c(S(C)(=O)=O)c(-c2cc(F)cc(N3CCN(c4ccc(NS(=O)(=O)c5ccc(N[C@H](CCN(C)CC(C)S)CSc6ccccc6)c(S(=O)(=O)C(F)(F)F)c5)cc4)CC3)c2)c(-c2ccc(Cl)cc2)n1C(C)C. The number of piperazine rings is 1. The number of thioether (sulfide) groups is 1. The van der Waals surface area contributed by atoms with Crippen LogP contribution in [0.5, 0.6) is 0 Å². The maximum Gasteiger partial charge on any atom is 0.501 e. The van der Waals surface area contributed by atoms with Crippen molar-refractivity contribution in [2.45, 2.75) is 76.5 Å². The Balaban J connectivity index is 1.09. The van der Waals surface area contributed by atoms with Crippen molar-refractivity contribution in [3.8, 4) is 22.4 Å². The van der Waals surface area contributed by atoms with Gasteiger partial charge < -0.3 is 24.6 Å². The van der Waals surface area contributed by atoms with Crippen molar-refractivity contribution in [1.29, 1.82) is 0 Å². The van der Waals surface area contributed by atoms with Gasteiger partial charge in [-0.05, 0) is 137 Å². The molecule has 1 aliphatic heterocycles. The Morgan fingerprint density at radius 3 is 2.00 bits per heavy atom. The van der Waals surface area contributed by atoms with Crippen molar-refractivity contribution in [3.63, 3.8) is 0 Å². The molecule has 2 heterocycles. The van der Waals surface area contributed by atoms with E-state index in [1.54, 1.807) is 37.3 Å². The number of hydrogen-bond acceptors (Lipinski definition) is 12. The van der Waals surface area contributed by atoms with Crippen molar-refractivity contribution in [1.82, 2.24) is 9.47 Å². The number of thiol groups is 1. The van der Waals surface area contributed by atoms with Crippen LogP contribution in [0.1, 0.15) is 38.9 Å². The Morgan fingerprint density at radius 1 is 0.797 bits per heavy atom. The third-order valence-corrected chi connectivity index (χ3v) is 18.3. The first-order valence-electron chi connectivity index (χ1n) is 23.6. The van der Waals surface area contributed by atoms with Crippen LogP contribution in [0, 0.1) is 12.7 Å². The van der Waals surface area contributed by atoms with Crippen LogP contribution in [-0.4, -0.2) is 110 Å². The van der Waals surface area contributed by atoms with Gasteiger partial charge in [-0.2, -0.15) is 25.8 Å². The molecule has 1 aliphatic rings. The number of sulfone groups is 2. The molecule has 0 aliphatic carbocycles. The lowest BCUT2D eigenvalue weighted by molar-refractivity contribution is -0.0435. The van der Waals surface area contributed by atoms with Crippen LogP contribution in [0.25, 0.3) is 22.4 Å². The molecule has 0 saturated carbocycles. The Bertz CT molecular complexity index is 3280. The summed E-state index contributed by atoms with van der Waals surface area (Å²) in [5.74, 6) is -0.186. The molecule has 74 heavy (non-hydrogen) atoms. The molecule has 0 radical (unpaired) electrons. The average molecular weight is 1140 g/mol. The van der Waals surface area contributed by atoms with Gasteiger partial charge in [0.1, 0.15) is 10.7 Å². The second-order valence-corrected chi connectivity index (χ2v) is 26.6. The standard InChI is InChI=1S/C52H59ClF4N6O6S5/c1-34(2)63-36(4)51(72(6,64)65)49(50(63)37-12-14-39(53)15-13-37)38-28-40(54)30-44(29-38)62-26-24-61(25-27-62)43-18-16-41(17-19-43)59-74(68,69)46-20-21-47(48(31-46)73(66,67)52(55,56)57)58-42(22-23-60(5)32-35(3)70)33-71-45-10-8-7-9-11-45/h7-21,28-31,34-35,42,58-59,70H,22-27,32-33H2,1-6H3/t35?,42-/m1/s1. The normalized spacial score (nSPS) is 14.7. The predicted octanol–water partition coefficient (Wildman–Crippen LogP) is 11.5. The summed E-state index contributed by atoms with van der Waals surface area (Å²) in [5, 5.41) is 3.57. The lowest BCUT2D eigenvalue weighted by Crippen LogP contribution is -2.46. The van der Waals surface area contributed by atoms with Gasteiger partial charge in [-0.1, -0.05) is 48.9 Å². The summed E-state index contributed by atoms with van der Waals surface area (Å²) in [6.45, 7) is 10.6. The summed E-state index contributed by atoms with van der Waals surface area (Å²) < 4.78 is 144. The number of alkyl halides is 3. The van der Waals surface area contributed by atoms with Crippen LogP contribution in [0.3, 0.4) is 0 Å². The molecule has 12 nitrogen and oxygen atoms in total. The molecule has 1 saturated heterocycles. The fourth-order valence-electron chi connectivity index (χ4n) is 9.21. The molecule has 5 aromatic carbocycles. The maximum atomic E-state index is 15.8. The number of aromatic nitrogens is 1. The summed E-state index contributed by atoms with van der Waals surface area (Å²) in [6, 6.07) is 29.3. The smallest absolute Gasteiger partial charge is 0.380 e. The van der Waals surface area contributed by atoms with E-state index in [0.29, 0.717) is 90.7 Å². The van der Waals surface area contributed by atoms with Gasteiger partial charge in [0, 0.05) is 100 Å². The highest BCUT2D eigenvalue weighted by Crippen LogP contribution is 2.45. The van der Waals surface area contributed by atoms with Crippen molar-refractivity contribution >= 4 is 88.4 Å². The van der Waals surface area contributed by atoms with Gasteiger partial charge in [-0.25, -0.2) is 29.6 Å². The van der Waals surface area contributed by atoms with Gasteiger partial charge in [0.05, 0.1) is 21.2 Å². The molecule has 398 valence electrons. The number of nitrogens with zero attached hydrogens (tertiary/aromatic N) is 4. The van der Waals surface area contributed by atoms with Gasteiger partial charge in [0.2, 0.25) is 0 Å². The van der Waals surface area contributed by atoms with Crippen molar-refractivity contribution in [2.75, 3.05) is 78.2 Å². The summed E-state index contributed by atoms with van der Waals surface area (Å²) >= 11 is 12.1. The summed E-state index contributed by atoms with van der Waals surface area (Å²) in [4.78, 5) is 5.17. The molecule has 1 unspecified atom stereocenters. The van der Waals surface area contributed by atoms with Crippen LogP contribution in [-0.2, 0) is 29.7 Å². The van der Waals surface area contributed by atoms with E-state index in [1.807, 2.05) is 89.6 Å². The summed E-state index contributed by atoms with van der Waals surface area (Å²) in [6.07, 6.45) is 1.57. The van der Waals surface area contributed by atoms with E-state index in [0.717, 1.165) is 34.5 Å². The van der Waals surface area contributed by atoms with Crippen LogP contribution < -0.4 is 19.8 Å². The molecule has 0 amide bonds. The van der Waals surface area contributed by atoms with E-state index >= 15 is 4.39 Å². The number of benzene rings is 5. The minimum atomic E-state index is -6.04. The zero-order valence-electron chi connectivity index (χ0n) is 41.6. The van der Waals surface area contributed by atoms with Gasteiger partial charge in [-0.3, -0.25) is 4.72 Å². The second kappa shape index (κ2) is 23.1. The van der Waals surface area contributed by atoms with E-state index in [1.165, 1.54) is 36.0 Å². The largest absolute Gasteiger partial charge is 0.501 e. The minimum absolute atomic E-state index is 0.0569. The zero-order chi connectivity index (χ0) is 53.9. The van der Waals surface area contributed by atoms with Gasteiger partial charge >= 0.3 is 5.51 Å². The lowest BCUT2D eigenvalue weighted by atomic mass is 9.99. The predicted molar refractivity (Wildman–Crippen MR) is 295 cm³/mol. The Hall–Kier alpha value is -4.90. The average Bonchev–Trinajstić information content (AvgIpc) is 3.66. The van der Waals surface area contributed by atoms with E-state index in [2.05, 4.69) is 22.7 Å². The van der Waals surface area contributed by atoms with E-state index < -0.39 is 56.9 Å². The van der Waals surface area contributed by atoms with E-state index in [4.69, 9.17) is 11.6 Å². The molecule has 7 rings (SSSR count). The van der Waals surface area contributed by atoms with Crippen molar-refractivity contribution in [3.05, 3.63) is 132 Å². The second-order valence-electron chi connectivity index (χ2n) is 18.7. The van der Waals surface area contributed by atoms with Crippen LogP contribution in [0.4, 0.5) is 40.3 Å². The van der Waals surface area contributed by atoms with Crippen molar-refractivity contribution < 1.29 is 42.8 Å². The Labute approximate surface area is 446 Å². The van der Waals surface area contributed by atoms with E-state index in [9.17, 15) is 38.4 Å². The van der Waals surface area contributed by atoms with Crippen LogP contribution in [0.2, 0.25) is 5.02 Å². The number of nitrogens with one attached hydrogen (secondary N) is 2. The van der Waals surface area contributed by atoms with E-state index in [-0.39, 0.29) is 27.6 Å². The number of rotatable bonds is 20. The topological polar surface area (TPSA) is 141 Å². The monoisotopic (exact) mass is 1130 g/mol. The lowest BCUT2D eigenvalue weighted by Gasteiger charge is -2.37. The van der Waals surface area contributed by atoms with Gasteiger partial charge in [-0.15, -0.1) is 11.8 Å². The maximum absolute atomic E-state index is 15.8. The first kappa shape index (κ1) is 56.8. The van der Waals surface area contributed by atoms with Gasteiger partial charge in [0.25, 0.3) is 19.9 Å². The third-order valence-electron chi connectivity index (χ3n) is 12.5. The molecule has 1 aromatic heterocycles. The van der Waals surface area contributed by atoms with Crippen LogP contribution >= 0.6 is 36.0 Å². The highest BCUT2D eigenvalue weighted by molar-refractivity contribution is 7.99. The molecule has 1 fully saturated rings. The molecule has 0 bridgehead atoms. The Kier molecular flexibility index (Phi) is 17.8. The molecule has 2 atom stereocenters. The highest BCUT2D eigenvalue weighted by Gasteiger charge is 2.48. The molecule has 6 aromatic rings. The molecule has 2 N–H and O–H groups in total. The molecule has 22 heteroatoms. The molecular weight excluding hydrogens is 1080 g/mol. The number of sulfonamides is 1.